The summed E-state index contributed by atoms with van der Waals surface area (Å²) in [7, 11) is -4.55. The van der Waals surface area contributed by atoms with Crippen LogP contribution >= 0.6 is 14.3 Å². The summed E-state index contributed by atoms with van der Waals surface area (Å²) < 4.78 is 34.6. The van der Waals surface area contributed by atoms with Crippen molar-refractivity contribution < 1.29 is 38.1 Å². The minimum Gasteiger partial charge on any atom is -0.481 e. The van der Waals surface area contributed by atoms with Gasteiger partial charge in [0.25, 0.3) is 0 Å². The number of carboxylic acid groups (broad SMARTS) is 1. The number of benzene rings is 1. The maximum atomic E-state index is 12.7. The SMILES string of the molecule is CCCC(C)CP(C)(=O)CC(C)C(=O)O.CCCC(C)CP(C)(=O)CC(C)C(=O)OCc1ccccc1.CCOC(C)=O. The van der Waals surface area contributed by atoms with Crippen molar-refractivity contribution in [3.05, 3.63) is 35.9 Å². The van der Waals surface area contributed by atoms with Crippen LogP contribution in [0.3, 0.4) is 0 Å². The predicted molar refractivity (Wildman–Crippen MR) is 179 cm³/mol. The first kappa shape index (κ1) is 43.2. The molecular formula is C33H60O8P2. The first-order valence-electron chi connectivity index (χ1n) is 15.6. The first-order chi connectivity index (χ1) is 19.9. The number of esters is 2. The van der Waals surface area contributed by atoms with Crippen LogP contribution in [-0.2, 0) is 39.6 Å². The van der Waals surface area contributed by atoms with Crippen LogP contribution in [0.1, 0.15) is 86.6 Å². The summed E-state index contributed by atoms with van der Waals surface area (Å²) in [5.41, 5.74) is 0.972. The van der Waals surface area contributed by atoms with Gasteiger partial charge in [-0.15, -0.1) is 0 Å². The number of hydrogen-bond donors (Lipinski definition) is 1. The molecule has 0 aliphatic heterocycles. The molecule has 6 atom stereocenters. The van der Waals surface area contributed by atoms with Gasteiger partial charge in [-0.2, -0.15) is 0 Å². The van der Waals surface area contributed by atoms with Crippen LogP contribution < -0.4 is 0 Å². The summed E-state index contributed by atoms with van der Waals surface area (Å²) in [5, 5.41) is 8.76. The Morgan fingerprint density at radius 3 is 1.53 bits per heavy atom. The molecule has 0 radical (unpaired) electrons. The molecule has 8 nitrogen and oxygen atoms in total. The van der Waals surface area contributed by atoms with Crippen LogP contribution in [0.4, 0.5) is 0 Å². The average Bonchev–Trinajstić information content (AvgIpc) is 2.87. The third kappa shape index (κ3) is 25.2. The van der Waals surface area contributed by atoms with E-state index in [4.69, 9.17) is 9.84 Å². The number of aliphatic carboxylic acids is 1. The monoisotopic (exact) mass is 646 g/mol. The van der Waals surface area contributed by atoms with Gasteiger partial charge in [-0.05, 0) is 37.7 Å². The van der Waals surface area contributed by atoms with Gasteiger partial charge < -0.3 is 23.7 Å². The Labute approximate surface area is 261 Å². The lowest BCUT2D eigenvalue weighted by Crippen LogP contribution is -2.19. The molecule has 0 aromatic heterocycles. The second-order valence-corrected chi connectivity index (χ2v) is 18.9. The minimum atomic E-state index is -2.28. The predicted octanol–water partition coefficient (Wildman–Crippen LogP) is 8.50. The number of carboxylic acids is 1. The van der Waals surface area contributed by atoms with E-state index < -0.39 is 26.2 Å². The largest absolute Gasteiger partial charge is 0.481 e. The van der Waals surface area contributed by atoms with E-state index in [1.165, 1.54) is 6.92 Å². The Balaban J connectivity index is 0. The van der Waals surface area contributed by atoms with Crippen LogP contribution in [0.15, 0.2) is 30.3 Å². The third-order valence-corrected chi connectivity index (χ3v) is 12.1. The summed E-state index contributed by atoms with van der Waals surface area (Å²) in [5.74, 6) is -1.23. The smallest absolute Gasteiger partial charge is 0.309 e. The van der Waals surface area contributed by atoms with E-state index in [0.29, 0.717) is 36.9 Å². The standard InChI is InChI=1S/C18H29O3P.C11H23O3P.C4H8O2/c1-5-9-15(2)13-22(4,20)14-16(3)18(19)21-12-17-10-7-6-8-11-17;1-5-6-9(2)7-15(4,14)8-10(3)11(12)13;1-3-6-4(2)5/h6-8,10-11,15-16H,5,9,12-14H2,1-4H3;9-10H,5-8H2,1-4H3,(H,12,13);3H2,1-2H3. The van der Waals surface area contributed by atoms with E-state index in [2.05, 4.69) is 32.4 Å². The molecule has 0 fully saturated rings. The summed E-state index contributed by atoms with van der Waals surface area (Å²) >= 11 is 0. The number of hydrogen-bond acceptors (Lipinski definition) is 7. The number of ether oxygens (including phenoxy) is 2. The Kier molecular flexibility index (Phi) is 23.6. The fourth-order valence-electron chi connectivity index (χ4n) is 5.02. The van der Waals surface area contributed by atoms with Gasteiger partial charge in [0.1, 0.15) is 6.61 Å². The lowest BCUT2D eigenvalue weighted by molar-refractivity contribution is -0.148. The third-order valence-electron chi connectivity index (χ3n) is 6.67. The van der Waals surface area contributed by atoms with E-state index in [1.54, 1.807) is 20.5 Å². The molecule has 1 aromatic rings. The van der Waals surface area contributed by atoms with E-state index in [9.17, 15) is 23.5 Å². The van der Waals surface area contributed by atoms with E-state index in [1.807, 2.05) is 43.9 Å². The molecular weight excluding hydrogens is 586 g/mol. The summed E-state index contributed by atoms with van der Waals surface area (Å²) in [6, 6.07) is 9.62. The Morgan fingerprint density at radius 2 is 1.19 bits per heavy atom. The number of carbonyl (C=O) groups excluding carboxylic acids is 2. The molecule has 0 aliphatic carbocycles. The van der Waals surface area contributed by atoms with Crippen molar-refractivity contribution in [3.63, 3.8) is 0 Å². The Morgan fingerprint density at radius 1 is 0.744 bits per heavy atom. The molecule has 0 saturated heterocycles. The lowest BCUT2D eigenvalue weighted by Gasteiger charge is -2.20. The fourth-order valence-corrected chi connectivity index (χ4v) is 10.9. The van der Waals surface area contributed by atoms with Crippen molar-refractivity contribution in [2.75, 3.05) is 44.6 Å². The van der Waals surface area contributed by atoms with Gasteiger partial charge in [0, 0.05) is 31.6 Å². The van der Waals surface area contributed by atoms with Gasteiger partial charge in [0.2, 0.25) is 0 Å². The van der Waals surface area contributed by atoms with Crippen molar-refractivity contribution in [2.45, 2.75) is 87.7 Å². The van der Waals surface area contributed by atoms with Crippen molar-refractivity contribution in [1.82, 2.24) is 0 Å². The van der Waals surface area contributed by atoms with E-state index >= 15 is 0 Å². The van der Waals surface area contributed by atoms with E-state index in [-0.39, 0.29) is 24.5 Å². The molecule has 0 saturated carbocycles. The number of rotatable bonds is 17. The number of carbonyl (C=O) groups is 3. The van der Waals surface area contributed by atoms with Gasteiger partial charge in [-0.3, -0.25) is 14.4 Å². The van der Waals surface area contributed by atoms with Crippen LogP contribution in [0, 0.1) is 23.7 Å². The van der Waals surface area contributed by atoms with Crippen molar-refractivity contribution in [3.8, 4) is 0 Å². The molecule has 1 rings (SSSR count). The first-order valence-corrected chi connectivity index (χ1v) is 20.6. The van der Waals surface area contributed by atoms with Crippen LogP contribution in [0.5, 0.6) is 0 Å². The molecule has 0 amide bonds. The molecule has 250 valence electrons. The molecule has 6 unspecified atom stereocenters. The summed E-state index contributed by atoms with van der Waals surface area (Å²) in [6.45, 7) is 19.4. The van der Waals surface area contributed by atoms with Crippen LogP contribution in [0.2, 0.25) is 0 Å². The molecule has 0 bridgehead atoms. The highest BCUT2D eigenvalue weighted by Crippen LogP contribution is 2.46. The minimum absolute atomic E-state index is 0.211. The van der Waals surface area contributed by atoms with Crippen molar-refractivity contribution in [2.24, 2.45) is 23.7 Å². The van der Waals surface area contributed by atoms with Crippen molar-refractivity contribution in [1.29, 1.82) is 0 Å². The topological polar surface area (TPSA) is 124 Å². The maximum absolute atomic E-state index is 12.7. The Bertz CT molecular complexity index is 1010. The van der Waals surface area contributed by atoms with Crippen LogP contribution in [0.25, 0.3) is 0 Å². The van der Waals surface area contributed by atoms with Gasteiger partial charge in [0.05, 0.1) is 32.7 Å². The average molecular weight is 647 g/mol. The zero-order valence-electron chi connectivity index (χ0n) is 28.5. The zero-order chi connectivity index (χ0) is 33.6. The second-order valence-electron chi connectivity index (χ2n) is 12.3. The molecule has 1 N–H and O–H groups in total. The summed E-state index contributed by atoms with van der Waals surface area (Å²) in [6.07, 6.45) is 6.52. The molecule has 43 heavy (non-hydrogen) atoms. The van der Waals surface area contributed by atoms with Gasteiger partial charge >= 0.3 is 17.9 Å². The highest BCUT2D eigenvalue weighted by Gasteiger charge is 2.27. The van der Waals surface area contributed by atoms with Gasteiger partial charge in [-0.25, -0.2) is 0 Å². The quantitative estimate of drug-likeness (QED) is 0.132. The lowest BCUT2D eigenvalue weighted by atomic mass is 10.1. The van der Waals surface area contributed by atoms with E-state index in [0.717, 1.165) is 37.4 Å². The highest BCUT2D eigenvalue weighted by molar-refractivity contribution is 7.63. The van der Waals surface area contributed by atoms with Crippen LogP contribution in [-0.4, -0.2) is 67.6 Å². The molecule has 10 heteroatoms. The zero-order valence-corrected chi connectivity index (χ0v) is 30.3. The van der Waals surface area contributed by atoms with Gasteiger partial charge in [-0.1, -0.05) is 97.6 Å². The Hall–Kier alpha value is -1.91. The molecule has 0 heterocycles. The maximum Gasteiger partial charge on any atom is 0.309 e. The van der Waals surface area contributed by atoms with Crippen molar-refractivity contribution >= 4 is 32.2 Å². The molecule has 1 aromatic carbocycles. The summed E-state index contributed by atoms with van der Waals surface area (Å²) in [4.78, 5) is 32.6. The normalized spacial score (nSPS) is 16.2. The van der Waals surface area contributed by atoms with Gasteiger partial charge in [0.15, 0.2) is 0 Å². The molecule has 0 spiro atoms. The molecule has 0 aliphatic rings. The second kappa shape index (κ2) is 23.5. The fraction of sp³-hybridized carbons (Fsp3) is 0.727. The highest BCUT2D eigenvalue weighted by atomic mass is 31.2.